The molecule has 2 aliphatic rings. The number of likely N-dealkylation sites (tertiary alicyclic amines) is 1. The minimum atomic E-state index is -0.394. The van der Waals surface area contributed by atoms with E-state index in [9.17, 15) is 14.4 Å². The van der Waals surface area contributed by atoms with E-state index >= 15 is 0 Å². The van der Waals surface area contributed by atoms with Gasteiger partial charge >= 0.3 is 0 Å². The summed E-state index contributed by atoms with van der Waals surface area (Å²) in [5, 5.41) is 2.97. The van der Waals surface area contributed by atoms with Crippen LogP contribution in [0.2, 0.25) is 0 Å². The van der Waals surface area contributed by atoms with E-state index in [1.54, 1.807) is 4.90 Å². The molecule has 0 spiro atoms. The Morgan fingerprint density at radius 1 is 1.12 bits per heavy atom. The summed E-state index contributed by atoms with van der Waals surface area (Å²) in [5.41, 5.74) is 9.27. The van der Waals surface area contributed by atoms with Crippen LogP contribution >= 0.6 is 0 Å². The molecule has 3 amide bonds. The maximum atomic E-state index is 12.9. The first-order chi connectivity index (χ1) is 15.4. The molecule has 0 bridgehead atoms. The highest BCUT2D eigenvalue weighted by Crippen LogP contribution is 2.27. The van der Waals surface area contributed by atoms with Gasteiger partial charge in [-0.15, -0.1) is 0 Å². The summed E-state index contributed by atoms with van der Waals surface area (Å²) < 4.78 is 0. The lowest BCUT2D eigenvalue weighted by molar-refractivity contribution is -0.122. The number of rotatable bonds is 7. The lowest BCUT2D eigenvalue weighted by Gasteiger charge is -2.22. The third-order valence-corrected chi connectivity index (χ3v) is 6.42. The number of carbonyl (C=O) groups excluding carboxylic acids is 3. The molecule has 2 unspecified atom stereocenters. The van der Waals surface area contributed by atoms with E-state index in [2.05, 4.69) is 17.1 Å². The summed E-state index contributed by atoms with van der Waals surface area (Å²) in [4.78, 5) is 40.8. The summed E-state index contributed by atoms with van der Waals surface area (Å²) >= 11 is 0. The topological polar surface area (TPSA) is 95.7 Å². The second-order valence-corrected chi connectivity index (χ2v) is 8.65. The van der Waals surface area contributed by atoms with Crippen LogP contribution in [0.4, 0.5) is 11.4 Å². The highest BCUT2D eigenvalue weighted by molar-refractivity contribution is 6.03. The molecular weight excluding hydrogens is 404 g/mol. The van der Waals surface area contributed by atoms with Gasteiger partial charge in [0.25, 0.3) is 0 Å². The molecule has 4 rings (SSSR count). The summed E-state index contributed by atoms with van der Waals surface area (Å²) in [6, 6.07) is 15.3. The van der Waals surface area contributed by atoms with Crippen molar-refractivity contribution in [2.45, 2.75) is 45.2 Å². The average molecular weight is 435 g/mol. The fourth-order valence-corrected chi connectivity index (χ4v) is 4.61. The molecule has 0 radical (unpaired) electrons. The van der Waals surface area contributed by atoms with Crippen LogP contribution in [0.5, 0.6) is 0 Å². The SMILES string of the molecule is CCc1ccc(N2CC(C(=O)Nc3cccc(CN4CCCC4C(N)=O)c3)CC2=O)cc1. The average Bonchev–Trinajstić information content (AvgIpc) is 3.41. The summed E-state index contributed by atoms with van der Waals surface area (Å²) in [5.74, 6) is -0.865. The first-order valence-electron chi connectivity index (χ1n) is 11.3. The van der Waals surface area contributed by atoms with Gasteiger partial charge < -0.3 is 16.0 Å². The van der Waals surface area contributed by atoms with Crippen LogP contribution in [-0.2, 0) is 27.3 Å². The monoisotopic (exact) mass is 434 g/mol. The van der Waals surface area contributed by atoms with Crippen molar-refractivity contribution in [1.29, 1.82) is 0 Å². The number of aryl methyl sites for hydroxylation is 1. The Hall–Kier alpha value is -3.19. The van der Waals surface area contributed by atoms with Crippen molar-refractivity contribution in [2.75, 3.05) is 23.3 Å². The largest absolute Gasteiger partial charge is 0.368 e. The molecule has 168 valence electrons. The smallest absolute Gasteiger partial charge is 0.234 e. The number of carbonyl (C=O) groups is 3. The maximum absolute atomic E-state index is 12.9. The number of amides is 3. The third kappa shape index (κ3) is 4.83. The van der Waals surface area contributed by atoms with Crippen molar-refractivity contribution in [2.24, 2.45) is 11.7 Å². The Bertz CT molecular complexity index is 1000. The number of nitrogens with two attached hydrogens (primary N) is 1. The molecule has 0 saturated carbocycles. The van der Waals surface area contributed by atoms with E-state index in [4.69, 9.17) is 5.73 Å². The van der Waals surface area contributed by atoms with Crippen LogP contribution < -0.4 is 16.0 Å². The molecular formula is C25H30N4O3. The fraction of sp³-hybridized carbons (Fsp3) is 0.400. The number of primary amides is 1. The minimum Gasteiger partial charge on any atom is -0.368 e. The zero-order valence-electron chi connectivity index (χ0n) is 18.4. The van der Waals surface area contributed by atoms with Crippen molar-refractivity contribution in [3.05, 3.63) is 59.7 Å². The molecule has 0 aromatic heterocycles. The zero-order valence-corrected chi connectivity index (χ0v) is 18.4. The molecule has 2 aromatic carbocycles. The van der Waals surface area contributed by atoms with Crippen LogP contribution in [0.25, 0.3) is 0 Å². The van der Waals surface area contributed by atoms with Crippen LogP contribution in [0.1, 0.15) is 37.3 Å². The van der Waals surface area contributed by atoms with E-state index < -0.39 is 5.92 Å². The second kappa shape index (κ2) is 9.53. The minimum absolute atomic E-state index is 0.0327. The molecule has 2 heterocycles. The first kappa shape index (κ1) is 22.0. The van der Waals surface area contributed by atoms with Crippen LogP contribution in [0.3, 0.4) is 0 Å². The summed E-state index contributed by atoms with van der Waals surface area (Å²) in [6.45, 7) is 3.92. The molecule has 32 heavy (non-hydrogen) atoms. The molecule has 2 aliphatic heterocycles. The number of nitrogens with one attached hydrogen (secondary N) is 1. The Labute approximate surface area is 188 Å². The Kier molecular flexibility index (Phi) is 6.55. The lowest BCUT2D eigenvalue weighted by atomic mass is 10.1. The van der Waals surface area contributed by atoms with Crippen molar-refractivity contribution in [1.82, 2.24) is 4.90 Å². The number of nitrogens with zero attached hydrogens (tertiary/aromatic N) is 2. The fourth-order valence-electron chi connectivity index (χ4n) is 4.61. The molecule has 3 N–H and O–H groups in total. The predicted octanol–water partition coefficient (Wildman–Crippen LogP) is 2.69. The number of anilines is 2. The van der Waals surface area contributed by atoms with Gasteiger partial charge in [-0.1, -0.05) is 31.2 Å². The maximum Gasteiger partial charge on any atom is 0.234 e. The van der Waals surface area contributed by atoms with Crippen molar-refractivity contribution in [3.63, 3.8) is 0 Å². The third-order valence-electron chi connectivity index (χ3n) is 6.42. The van der Waals surface area contributed by atoms with Crippen molar-refractivity contribution < 1.29 is 14.4 Å². The van der Waals surface area contributed by atoms with E-state index in [-0.39, 0.29) is 30.2 Å². The quantitative estimate of drug-likeness (QED) is 0.700. The highest BCUT2D eigenvalue weighted by atomic mass is 16.2. The van der Waals surface area contributed by atoms with Crippen molar-refractivity contribution in [3.8, 4) is 0 Å². The van der Waals surface area contributed by atoms with Crippen LogP contribution in [0, 0.1) is 5.92 Å². The Morgan fingerprint density at radius 3 is 2.62 bits per heavy atom. The number of benzene rings is 2. The Morgan fingerprint density at radius 2 is 1.91 bits per heavy atom. The normalized spacial score (nSPS) is 21.2. The zero-order chi connectivity index (χ0) is 22.7. The van der Waals surface area contributed by atoms with E-state index in [0.29, 0.717) is 18.8 Å². The molecule has 7 heteroatoms. The lowest BCUT2D eigenvalue weighted by Crippen LogP contribution is -2.39. The molecule has 2 aromatic rings. The molecule has 2 saturated heterocycles. The molecule has 0 aliphatic carbocycles. The van der Waals surface area contributed by atoms with Gasteiger partial charge in [0.15, 0.2) is 0 Å². The number of hydrogen-bond donors (Lipinski definition) is 2. The highest BCUT2D eigenvalue weighted by Gasteiger charge is 2.35. The van der Waals surface area contributed by atoms with Crippen LogP contribution in [0.15, 0.2) is 48.5 Å². The molecule has 2 fully saturated rings. The van der Waals surface area contributed by atoms with E-state index in [1.165, 1.54) is 5.56 Å². The van der Waals surface area contributed by atoms with E-state index in [1.807, 2.05) is 48.5 Å². The Balaban J connectivity index is 1.38. The van der Waals surface area contributed by atoms with Gasteiger partial charge in [-0.2, -0.15) is 0 Å². The molecule has 2 atom stereocenters. The van der Waals surface area contributed by atoms with Gasteiger partial charge in [-0.05, 0) is 61.2 Å². The van der Waals surface area contributed by atoms with Gasteiger partial charge in [-0.3, -0.25) is 19.3 Å². The van der Waals surface area contributed by atoms with Gasteiger partial charge in [-0.25, -0.2) is 0 Å². The second-order valence-electron chi connectivity index (χ2n) is 8.65. The standard InChI is InChI=1S/C25H30N4O3/c1-2-17-8-10-21(11-9-17)29-16-19(14-23(29)30)25(32)27-20-6-3-5-18(13-20)15-28-12-4-7-22(28)24(26)31/h3,5-6,8-11,13,19,22H,2,4,7,12,14-16H2,1H3,(H2,26,31)(H,27,32). The number of hydrogen-bond acceptors (Lipinski definition) is 4. The van der Waals surface area contributed by atoms with Gasteiger partial charge in [0, 0.05) is 30.9 Å². The summed E-state index contributed by atoms with van der Waals surface area (Å²) in [6.07, 6.45) is 2.89. The predicted molar refractivity (Wildman–Crippen MR) is 124 cm³/mol. The van der Waals surface area contributed by atoms with Gasteiger partial charge in [0.05, 0.1) is 12.0 Å². The first-order valence-corrected chi connectivity index (χ1v) is 11.3. The van der Waals surface area contributed by atoms with Gasteiger partial charge in [0.2, 0.25) is 17.7 Å². The van der Waals surface area contributed by atoms with E-state index in [0.717, 1.165) is 37.1 Å². The summed E-state index contributed by atoms with van der Waals surface area (Å²) in [7, 11) is 0. The molecule has 7 nitrogen and oxygen atoms in total. The van der Waals surface area contributed by atoms with Crippen LogP contribution in [-0.4, -0.2) is 41.8 Å². The van der Waals surface area contributed by atoms with Gasteiger partial charge in [0.1, 0.15) is 0 Å². The van der Waals surface area contributed by atoms with Crippen molar-refractivity contribution >= 4 is 29.1 Å².